The second-order valence-corrected chi connectivity index (χ2v) is 3.25. The zero-order chi connectivity index (χ0) is 8.81. The van der Waals surface area contributed by atoms with Crippen molar-refractivity contribution in [2.24, 2.45) is 5.92 Å². The lowest BCUT2D eigenvalue weighted by Gasteiger charge is -2.06. The summed E-state index contributed by atoms with van der Waals surface area (Å²) in [5, 5.41) is 0. The fourth-order valence-electron chi connectivity index (χ4n) is 0.828. The Hall–Kier alpha value is -0.800. The van der Waals surface area contributed by atoms with Gasteiger partial charge < -0.3 is 9.82 Å². The van der Waals surface area contributed by atoms with Crippen molar-refractivity contribution in [2.45, 2.75) is 20.4 Å². The van der Waals surface area contributed by atoms with Crippen LogP contribution in [0.5, 0.6) is 0 Å². The van der Waals surface area contributed by atoms with Crippen molar-refractivity contribution in [3.05, 3.63) is 24.0 Å². The van der Waals surface area contributed by atoms with E-state index in [1.54, 1.807) is 0 Å². The largest absolute Gasteiger partial charge is 0.367 e. The normalized spacial score (nSPS) is 10.9. The molecule has 0 amide bonds. The molecule has 3 nitrogen and oxygen atoms in total. The van der Waals surface area contributed by atoms with E-state index in [9.17, 15) is 0 Å². The van der Waals surface area contributed by atoms with E-state index in [4.69, 9.17) is 4.84 Å². The third kappa shape index (κ3) is 3.55. The van der Waals surface area contributed by atoms with Gasteiger partial charge in [-0.05, 0) is 17.5 Å². The van der Waals surface area contributed by atoms with E-state index in [0.717, 1.165) is 13.2 Å². The fourth-order valence-corrected chi connectivity index (χ4v) is 0.828. The van der Waals surface area contributed by atoms with Crippen LogP contribution in [0, 0.1) is 5.92 Å². The third-order valence-corrected chi connectivity index (χ3v) is 1.46. The zero-order valence-electron chi connectivity index (χ0n) is 7.63. The molecule has 0 aliphatic carbocycles. The van der Waals surface area contributed by atoms with Gasteiger partial charge in [0.2, 0.25) is 0 Å². The number of rotatable bonds is 5. The molecule has 0 aromatic carbocycles. The van der Waals surface area contributed by atoms with Crippen LogP contribution >= 0.6 is 0 Å². The van der Waals surface area contributed by atoms with Gasteiger partial charge in [0.25, 0.3) is 0 Å². The number of nitrogens with one attached hydrogen (secondary N) is 2. The molecule has 12 heavy (non-hydrogen) atoms. The molecule has 3 heteroatoms. The molecule has 0 fully saturated rings. The Labute approximate surface area is 73.1 Å². The number of H-pyrrole nitrogens is 1. The van der Waals surface area contributed by atoms with Crippen molar-refractivity contribution in [2.75, 3.05) is 6.61 Å². The lowest BCUT2D eigenvalue weighted by Crippen LogP contribution is -2.16. The second kappa shape index (κ2) is 4.95. The minimum absolute atomic E-state index is 0.573. The summed E-state index contributed by atoms with van der Waals surface area (Å²) in [7, 11) is 0. The molecule has 1 heterocycles. The highest BCUT2D eigenvalue weighted by atomic mass is 16.6. The van der Waals surface area contributed by atoms with Gasteiger partial charge in [-0.1, -0.05) is 13.8 Å². The number of hydroxylamine groups is 1. The van der Waals surface area contributed by atoms with Crippen molar-refractivity contribution < 1.29 is 4.84 Å². The highest BCUT2D eigenvalue weighted by molar-refractivity contribution is 5.06. The Balaban J connectivity index is 2.04. The Kier molecular flexibility index (Phi) is 3.84. The number of hydrogen-bond acceptors (Lipinski definition) is 2. The van der Waals surface area contributed by atoms with Crippen LogP contribution < -0.4 is 5.48 Å². The summed E-state index contributed by atoms with van der Waals surface area (Å²) in [5.41, 5.74) is 4.11. The summed E-state index contributed by atoms with van der Waals surface area (Å²) >= 11 is 0. The molecule has 1 aromatic rings. The van der Waals surface area contributed by atoms with Crippen LogP contribution in [0.15, 0.2) is 18.5 Å². The first-order valence-electron chi connectivity index (χ1n) is 4.25. The minimum Gasteiger partial charge on any atom is -0.367 e. The zero-order valence-corrected chi connectivity index (χ0v) is 7.63. The maximum Gasteiger partial charge on any atom is 0.0705 e. The molecular formula is C9H16N2O. The first-order chi connectivity index (χ1) is 5.79. The predicted octanol–water partition coefficient (Wildman–Crippen LogP) is 1.69. The molecule has 0 saturated heterocycles. The SMILES string of the molecule is CC(C)CONCc1cc[nH]c1. The monoisotopic (exact) mass is 168 g/mol. The Bertz CT molecular complexity index is 194. The van der Waals surface area contributed by atoms with Crippen LogP contribution in [0.25, 0.3) is 0 Å². The molecule has 0 radical (unpaired) electrons. The Morgan fingerprint density at radius 1 is 1.58 bits per heavy atom. The van der Waals surface area contributed by atoms with E-state index in [1.165, 1.54) is 5.56 Å². The van der Waals surface area contributed by atoms with Crippen molar-refractivity contribution in [3.8, 4) is 0 Å². The number of aromatic amines is 1. The smallest absolute Gasteiger partial charge is 0.0705 e. The molecule has 0 bridgehead atoms. The third-order valence-electron chi connectivity index (χ3n) is 1.46. The van der Waals surface area contributed by atoms with Crippen molar-refractivity contribution in [3.63, 3.8) is 0 Å². The average Bonchev–Trinajstić information content (AvgIpc) is 2.49. The van der Waals surface area contributed by atoms with Gasteiger partial charge in [0.1, 0.15) is 0 Å². The van der Waals surface area contributed by atoms with Crippen LogP contribution in [-0.4, -0.2) is 11.6 Å². The molecule has 0 aliphatic rings. The lowest BCUT2D eigenvalue weighted by atomic mass is 10.2. The van der Waals surface area contributed by atoms with Gasteiger partial charge in [-0.2, -0.15) is 5.48 Å². The lowest BCUT2D eigenvalue weighted by molar-refractivity contribution is 0.0197. The molecule has 1 rings (SSSR count). The summed E-state index contributed by atoms with van der Waals surface area (Å²) < 4.78 is 0. The van der Waals surface area contributed by atoms with Crippen molar-refractivity contribution in [1.29, 1.82) is 0 Å². The van der Waals surface area contributed by atoms with Crippen LogP contribution in [0.3, 0.4) is 0 Å². The summed E-state index contributed by atoms with van der Waals surface area (Å²) in [4.78, 5) is 8.19. The molecular weight excluding hydrogens is 152 g/mol. The van der Waals surface area contributed by atoms with Gasteiger partial charge in [-0.15, -0.1) is 0 Å². The summed E-state index contributed by atoms with van der Waals surface area (Å²) in [5.74, 6) is 0.573. The maximum atomic E-state index is 5.20. The van der Waals surface area contributed by atoms with Crippen LogP contribution in [0.4, 0.5) is 0 Å². The highest BCUT2D eigenvalue weighted by Crippen LogP contribution is 1.95. The molecule has 0 saturated carbocycles. The Morgan fingerprint density at radius 2 is 2.42 bits per heavy atom. The van der Waals surface area contributed by atoms with Gasteiger partial charge in [-0.25, -0.2) is 0 Å². The fraction of sp³-hybridized carbons (Fsp3) is 0.556. The molecule has 0 atom stereocenters. The van der Waals surface area contributed by atoms with E-state index >= 15 is 0 Å². The number of hydrogen-bond donors (Lipinski definition) is 2. The van der Waals surface area contributed by atoms with Gasteiger partial charge in [0.15, 0.2) is 0 Å². The summed E-state index contributed by atoms with van der Waals surface area (Å²) in [6.07, 6.45) is 3.85. The highest BCUT2D eigenvalue weighted by Gasteiger charge is 1.94. The maximum absolute atomic E-state index is 5.20. The molecule has 0 aliphatic heterocycles. The van der Waals surface area contributed by atoms with Crippen molar-refractivity contribution in [1.82, 2.24) is 10.5 Å². The molecule has 0 unspecified atom stereocenters. The van der Waals surface area contributed by atoms with Crippen molar-refractivity contribution >= 4 is 0 Å². The van der Waals surface area contributed by atoms with Gasteiger partial charge in [-0.3, -0.25) is 0 Å². The first kappa shape index (κ1) is 9.29. The standard InChI is InChI=1S/C9H16N2O/c1-8(2)7-12-11-6-9-3-4-10-5-9/h3-5,8,10-11H,6-7H2,1-2H3. The van der Waals surface area contributed by atoms with E-state index in [-0.39, 0.29) is 0 Å². The van der Waals surface area contributed by atoms with E-state index in [1.807, 2.05) is 18.5 Å². The summed E-state index contributed by atoms with van der Waals surface area (Å²) in [6, 6.07) is 2.02. The van der Waals surface area contributed by atoms with E-state index < -0.39 is 0 Å². The Morgan fingerprint density at radius 3 is 3.00 bits per heavy atom. The topological polar surface area (TPSA) is 37.0 Å². The van der Waals surface area contributed by atoms with E-state index in [0.29, 0.717) is 5.92 Å². The van der Waals surface area contributed by atoms with Gasteiger partial charge in [0, 0.05) is 18.9 Å². The first-order valence-corrected chi connectivity index (χ1v) is 4.25. The minimum atomic E-state index is 0.573. The van der Waals surface area contributed by atoms with Crippen LogP contribution in [-0.2, 0) is 11.4 Å². The predicted molar refractivity (Wildman–Crippen MR) is 48.4 cm³/mol. The molecule has 2 N–H and O–H groups in total. The molecule has 1 aromatic heterocycles. The molecule has 0 spiro atoms. The van der Waals surface area contributed by atoms with Gasteiger partial charge >= 0.3 is 0 Å². The second-order valence-electron chi connectivity index (χ2n) is 3.25. The average molecular weight is 168 g/mol. The van der Waals surface area contributed by atoms with E-state index in [2.05, 4.69) is 24.3 Å². The van der Waals surface area contributed by atoms with Crippen LogP contribution in [0.1, 0.15) is 19.4 Å². The van der Waals surface area contributed by atoms with Crippen LogP contribution in [0.2, 0.25) is 0 Å². The van der Waals surface area contributed by atoms with Gasteiger partial charge in [0.05, 0.1) is 6.61 Å². The molecule has 68 valence electrons. The quantitative estimate of drug-likeness (QED) is 0.518. The number of aromatic nitrogens is 1. The summed E-state index contributed by atoms with van der Waals surface area (Å²) in [6.45, 7) is 5.76.